The van der Waals surface area contributed by atoms with Crippen LogP contribution in [0.15, 0.2) is 54.6 Å². The van der Waals surface area contributed by atoms with Gasteiger partial charge in [-0.3, -0.25) is 9.89 Å². The van der Waals surface area contributed by atoms with Crippen molar-refractivity contribution in [1.29, 1.82) is 0 Å². The summed E-state index contributed by atoms with van der Waals surface area (Å²) in [6.07, 6.45) is 3.17. The molecule has 32 heavy (non-hydrogen) atoms. The number of amides is 3. The summed E-state index contributed by atoms with van der Waals surface area (Å²) in [6.45, 7) is 4.04. The number of H-pyrrole nitrogens is 1. The standard InChI is InChI=1S/C23H21Cl2N5O2/c1-23(2)20-15(13-30(23)22(32)27-19-16(24)9-6-10-17(19)25)21(29-28-20)26-18(31)12-11-14-7-4-3-5-8-14/h3-12H,13H2,1-2H3,(H,27,32)(H2,26,28,29,31). The largest absolute Gasteiger partial charge is 0.323 e. The maximum atomic E-state index is 13.1. The highest BCUT2D eigenvalue weighted by Crippen LogP contribution is 2.41. The molecule has 0 unspecified atom stereocenters. The number of nitrogens with one attached hydrogen (secondary N) is 3. The Hall–Kier alpha value is -3.29. The zero-order valence-corrected chi connectivity index (χ0v) is 19.0. The van der Waals surface area contributed by atoms with E-state index in [1.165, 1.54) is 6.08 Å². The normalized spacial score (nSPS) is 14.4. The maximum Gasteiger partial charge on any atom is 0.323 e. The zero-order valence-electron chi connectivity index (χ0n) is 17.4. The Kier molecular flexibility index (Phi) is 5.95. The van der Waals surface area contributed by atoms with Crippen LogP contribution in [-0.4, -0.2) is 27.0 Å². The number of aromatic amines is 1. The van der Waals surface area contributed by atoms with Crippen molar-refractivity contribution in [2.24, 2.45) is 0 Å². The van der Waals surface area contributed by atoms with Gasteiger partial charge in [-0.2, -0.15) is 5.10 Å². The average Bonchev–Trinajstić information content (AvgIpc) is 3.28. The number of halogens is 2. The topological polar surface area (TPSA) is 90.1 Å². The highest BCUT2D eigenvalue weighted by Gasteiger charge is 2.44. The first-order valence-corrected chi connectivity index (χ1v) is 10.7. The molecule has 7 nitrogen and oxygen atoms in total. The average molecular weight is 470 g/mol. The number of rotatable bonds is 4. The molecule has 1 aliphatic heterocycles. The number of nitrogens with zero attached hydrogens (tertiary/aromatic N) is 2. The Labute approximate surface area is 195 Å². The summed E-state index contributed by atoms with van der Waals surface area (Å²) in [5.74, 6) is 0.0774. The molecule has 0 saturated heterocycles. The molecule has 0 saturated carbocycles. The Morgan fingerprint density at radius 3 is 2.44 bits per heavy atom. The molecule has 3 amide bonds. The Bertz CT molecular complexity index is 1180. The van der Waals surface area contributed by atoms with Crippen LogP contribution in [0.1, 0.15) is 30.7 Å². The Morgan fingerprint density at radius 1 is 1.06 bits per heavy atom. The molecule has 164 valence electrons. The molecule has 2 aromatic carbocycles. The molecule has 2 heterocycles. The van der Waals surface area contributed by atoms with Crippen LogP contribution in [-0.2, 0) is 16.9 Å². The molecule has 4 rings (SSSR count). The fourth-order valence-electron chi connectivity index (χ4n) is 3.63. The maximum absolute atomic E-state index is 13.1. The van der Waals surface area contributed by atoms with E-state index in [1.54, 1.807) is 29.2 Å². The van der Waals surface area contributed by atoms with Crippen LogP contribution in [0.4, 0.5) is 16.3 Å². The minimum Gasteiger partial charge on any atom is -0.309 e. The summed E-state index contributed by atoms with van der Waals surface area (Å²) in [5, 5.41) is 13.5. The van der Waals surface area contributed by atoms with Gasteiger partial charge in [0.2, 0.25) is 5.91 Å². The molecule has 3 N–H and O–H groups in total. The lowest BCUT2D eigenvalue weighted by Crippen LogP contribution is -2.43. The van der Waals surface area contributed by atoms with Gasteiger partial charge >= 0.3 is 6.03 Å². The predicted octanol–water partition coefficient (Wildman–Crippen LogP) is 5.65. The highest BCUT2D eigenvalue weighted by molar-refractivity contribution is 6.39. The van der Waals surface area contributed by atoms with Gasteiger partial charge in [0.25, 0.3) is 0 Å². The van der Waals surface area contributed by atoms with E-state index in [4.69, 9.17) is 23.2 Å². The van der Waals surface area contributed by atoms with Crippen molar-refractivity contribution in [3.63, 3.8) is 0 Å². The molecule has 0 bridgehead atoms. The lowest BCUT2D eigenvalue weighted by Gasteiger charge is -2.32. The quantitative estimate of drug-likeness (QED) is 0.431. The lowest BCUT2D eigenvalue weighted by molar-refractivity contribution is -0.111. The van der Waals surface area contributed by atoms with Gasteiger partial charge in [0.05, 0.1) is 33.5 Å². The molecule has 3 aromatic rings. The summed E-state index contributed by atoms with van der Waals surface area (Å²) < 4.78 is 0. The number of carbonyl (C=O) groups is 2. The number of fused-ring (bicyclic) bond motifs is 1. The van der Waals surface area contributed by atoms with Crippen LogP contribution in [0.2, 0.25) is 10.0 Å². The summed E-state index contributed by atoms with van der Waals surface area (Å²) in [7, 11) is 0. The molecular formula is C23H21Cl2N5O2. The highest BCUT2D eigenvalue weighted by atomic mass is 35.5. The van der Waals surface area contributed by atoms with Crippen molar-refractivity contribution >= 4 is 52.7 Å². The summed E-state index contributed by atoms with van der Waals surface area (Å²) >= 11 is 12.4. The van der Waals surface area contributed by atoms with Crippen LogP contribution in [0.5, 0.6) is 0 Å². The van der Waals surface area contributed by atoms with E-state index < -0.39 is 5.54 Å². The van der Waals surface area contributed by atoms with Crippen LogP contribution in [0, 0.1) is 0 Å². The number of benzene rings is 2. The molecule has 0 fully saturated rings. The van der Waals surface area contributed by atoms with Crippen LogP contribution in [0.25, 0.3) is 6.08 Å². The van der Waals surface area contributed by atoms with Gasteiger partial charge in [0, 0.05) is 11.6 Å². The fourth-order valence-corrected chi connectivity index (χ4v) is 4.12. The summed E-state index contributed by atoms with van der Waals surface area (Å²) in [6, 6.07) is 14.2. The second-order valence-corrected chi connectivity index (χ2v) is 8.65. The van der Waals surface area contributed by atoms with Crippen LogP contribution >= 0.6 is 23.2 Å². The number of hydrogen-bond acceptors (Lipinski definition) is 3. The van der Waals surface area contributed by atoms with Crippen molar-refractivity contribution in [2.45, 2.75) is 25.9 Å². The molecule has 1 aliphatic rings. The Morgan fingerprint density at radius 2 is 1.75 bits per heavy atom. The van der Waals surface area contributed by atoms with Gasteiger partial charge in [-0.05, 0) is 37.6 Å². The number of aromatic nitrogens is 2. The van der Waals surface area contributed by atoms with Gasteiger partial charge in [-0.25, -0.2) is 4.79 Å². The van der Waals surface area contributed by atoms with Gasteiger partial charge in [0.1, 0.15) is 0 Å². The van der Waals surface area contributed by atoms with Crippen molar-refractivity contribution in [2.75, 3.05) is 10.6 Å². The van der Waals surface area contributed by atoms with Crippen molar-refractivity contribution in [3.8, 4) is 0 Å². The number of para-hydroxylation sites is 1. The van der Waals surface area contributed by atoms with E-state index in [0.717, 1.165) is 16.8 Å². The molecule has 0 atom stereocenters. The minimum atomic E-state index is -0.691. The summed E-state index contributed by atoms with van der Waals surface area (Å²) in [5.41, 5.74) is 2.07. The van der Waals surface area contributed by atoms with E-state index in [2.05, 4.69) is 20.8 Å². The van der Waals surface area contributed by atoms with Crippen molar-refractivity contribution in [3.05, 3.63) is 81.5 Å². The second-order valence-electron chi connectivity index (χ2n) is 7.83. The van der Waals surface area contributed by atoms with E-state index in [0.29, 0.717) is 21.6 Å². The summed E-state index contributed by atoms with van der Waals surface area (Å²) in [4.78, 5) is 27.1. The number of hydrogen-bond donors (Lipinski definition) is 3. The van der Waals surface area contributed by atoms with Crippen molar-refractivity contribution in [1.82, 2.24) is 15.1 Å². The van der Waals surface area contributed by atoms with E-state index in [9.17, 15) is 9.59 Å². The molecular weight excluding hydrogens is 449 g/mol. The van der Waals surface area contributed by atoms with Crippen molar-refractivity contribution < 1.29 is 9.59 Å². The van der Waals surface area contributed by atoms with Crippen LogP contribution in [0.3, 0.4) is 0 Å². The number of anilines is 2. The van der Waals surface area contributed by atoms with Crippen LogP contribution < -0.4 is 10.6 Å². The molecule has 0 radical (unpaired) electrons. The smallest absolute Gasteiger partial charge is 0.309 e. The number of carbonyl (C=O) groups excluding carboxylic acids is 2. The zero-order chi connectivity index (χ0) is 22.9. The van der Waals surface area contributed by atoms with Gasteiger partial charge in [-0.1, -0.05) is 59.6 Å². The monoisotopic (exact) mass is 469 g/mol. The third-order valence-electron chi connectivity index (χ3n) is 5.38. The van der Waals surface area contributed by atoms with E-state index in [-0.39, 0.29) is 18.5 Å². The van der Waals surface area contributed by atoms with E-state index >= 15 is 0 Å². The second kappa shape index (κ2) is 8.68. The molecule has 9 heteroatoms. The first-order valence-electron chi connectivity index (χ1n) is 9.92. The lowest BCUT2D eigenvalue weighted by atomic mass is 10.0. The minimum absolute atomic E-state index is 0.255. The molecule has 0 spiro atoms. The molecule has 0 aliphatic carbocycles. The van der Waals surface area contributed by atoms with E-state index in [1.807, 2.05) is 44.2 Å². The SMILES string of the molecule is CC1(C)c2[nH]nc(NC(=O)C=Cc3ccccc3)c2CN1C(=O)Nc1c(Cl)cccc1Cl. The number of urea groups is 1. The third kappa shape index (κ3) is 4.22. The van der Waals surface area contributed by atoms with Gasteiger partial charge in [0.15, 0.2) is 5.82 Å². The Balaban J connectivity index is 1.50. The fraction of sp³-hybridized carbons (Fsp3) is 0.174. The predicted molar refractivity (Wildman–Crippen MR) is 127 cm³/mol. The first kappa shape index (κ1) is 21.9. The molecule has 1 aromatic heterocycles. The third-order valence-corrected chi connectivity index (χ3v) is 6.01. The van der Waals surface area contributed by atoms with Gasteiger partial charge < -0.3 is 15.5 Å². The first-order chi connectivity index (χ1) is 15.3. The van der Waals surface area contributed by atoms with Gasteiger partial charge in [-0.15, -0.1) is 0 Å².